The minimum atomic E-state index is -0.961. The highest BCUT2D eigenvalue weighted by Gasteiger charge is 2.24. The van der Waals surface area contributed by atoms with E-state index in [-0.39, 0.29) is 5.56 Å². The van der Waals surface area contributed by atoms with Crippen LogP contribution < -0.4 is 4.74 Å². The molecular formula is C25H31N3O4. The smallest absolute Gasteiger partial charge is 0.339 e. The van der Waals surface area contributed by atoms with E-state index in [0.29, 0.717) is 18.3 Å². The van der Waals surface area contributed by atoms with Gasteiger partial charge in [0, 0.05) is 37.5 Å². The Hall–Kier alpha value is -2.90. The van der Waals surface area contributed by atoms with E-state index in [0.717, 1.165) is 56.8 Å². The van der Waals surface area contributed by atoms with Crippen molar-refractivity contribution in [1.29, 1.82) is 0 Å². The summed E-state index contributed by atoms with van der Waals surface area (Å²) in [5.74, 6) is -0.0669. The van der Waals surface area contributed by atoms with Gasteiger partial charge in [-0.15, -0.1) is 0 Å². The topological polar surface area (TPSA) is 76.8 Å². The Morgan fingerprint density at radius 2 is 2.06 bits per heavy atom. The predicted octanol–water partition coefficient (Wildman–Crippen LogP) is 4.16. The van der Waals surface area contributed by atoms with Crippen molar-refractivity contribution in [3.8, 4) is 5.75 Å². The molecule has 0 bridgehead atoms. The Kier molecular flexibility index (Phi) is 7.07. The van der Waals surface area contributed by atoms with E-state index >= 15 is 0 Å². The van der Waals surface area contributed by atoms with Gasteiger partial charge in [0.15, 0.2) is 0 Å². The Morgan fingerprint density at radius 3 is 2.78 bits per heavy atom. The number of ether oxygens (including phenoxy) is 2. The van der Waals surface area contributed by atoms with Crippen LogP contribution in [0.25, 0.3) is 11.0 Å². The van der Waals surface area contributed by atoms with Gasteiger partial charge in [-0.1, -0.05) is 6.07 Å². The van der Waals surface area contributed by atoms with E-state index in [1.54, 1.807) is 12.1 Å². The SMILES string of the molecule is CCOCCn1cc(C2CCN(Cc3ccc(OC)c(C(=O)O)c3)CC2)c2cccnc21. The van der Waals surface area contributed by atoms with Crippen LogP contribution in [0.4, 0.5) is 0 Å². The minimum absolute atomic E-state index is 0.215. The molecule has 0 spiro atoms. The van der Waals surface area contributed by atoms with Crippen molar-refractivity contribution < 1.29 is 19.4 Å². The van der Waals surface area contributed by atoms with Gasteiger partial charge in [0.1, 0.15) is 17.0 Å². The first-order valence-corrected chi connectivity index (χ1v) is 11.2. The Morgan fingerprint density at radius 1 is 1.25 bits per heavy atom. The number of carbonyl (C=O) groups is 1. The number of rotatable bonds is 9. The molecule has 1 N–H and O–H groups in total. The van der Waals surface area contributed by atoms with E-state index in [2.05, 4.69) is 26.7 Å². The molecule has 1 saturated heterocycles. The first kappa shape index (κ1) is 22.3. The number of pyridine rings is 1. The zero-order valence-corrected chi connectivity index (χ0v) is 18.8. The van der Waals surface area contributed by atoms with Crippen molar-refractivity contribution >= 4 is 17.0 Å². The lowest BCUT2D eigenvalue weighted by molar-refractivity contribution is 0.0693. The summed E-state index contributed by atoms with van der Waals surface area (Å²) in [4.78, 5) is 18.5. The Bertz CT molecular complexity index is 1070. The molecule has 1 aromatic carbocycles. The molecule has 0 radical (unpaired) electrons. The van der Waals surface area contributed by atoms with E-state index in [1.165, 1.54) is 18.1 Å². The summed E-state index contributed by atoms with van der Waals surface area (Å²) in [7, 11) is 1.50. The molecule has 1 aliphatic heterocycles. The standard InChI is InChI=1S/C25H31N3O4/c1-3-32-14-13-28-17-22(20-5-4-10-26-24(20)28)19-8-11-27(12-9-19)16-18-6-7-23(31-2)21(15-18)25(29)30/h4-7,10,15,17,19H,3,8-9,11-14,16H2,1-2H3,(H,29,30). The number of piperidine rings is 1. The maximum Gasteiger partial charge on any atom is 0.339 e. The number of aromatic carboxylic acids is 1. The third kappa shape index (κ3) is 4.79. The number of nitrogens with zero attached hydrogens (tertiary/aromatic N) is 3. The van der Waals surface area contributed by atoms with Crippen LogP contribution in [0.2, 0.25) is 0 Å². The molecule has 4 rings (SSSR count). The van der Waals surface area contributed by atoms with E-state index in [4.69, 9.17) is 9.47 Å². The van der Waals surface area contributed by atoms with Gasteiger partial charge in [0.05, 0.1) is 13.7 Å². The van der Waals surface area contributed by atoms with Crippen molar-refractivity contribution in [2.75, 3.05) is 33.4 Å². The second kappa shape index (κ2) is 10.1. The number of carboxylic acid groups (broad SMARTS) is 1. The molecule has 1 fully saturated rings. The maximum atomic E-state index is 11.5. The van der Waals surface area contributed by atoms with Gasteiger partial charge < -0.3 is 19.1 Å². The van der Waals surface area contributed by atoms with Crippen molar-refractivity contribution in [2.45, 2.75) is 38.8 Å². The van der Waals surface area contributed by atoms with Gasteiger partial charge in [0.25, 0.3) is 0 Å². The van der Waals surface area contributed by atoms with Crippen molar-refractivity contribution in [2.24, 2.45) is 0 Å². The average molecular weight is 438 g/mol. The summed E-state index contributed by atoms with van der Waals surface area (Å²) in [6.45, 7) is 6.93. The third-order valence-electron chi connectivity index (χ3n) is 6.27. The fourth-order valence-electron chi connectivity index (χ4n) is 4.63. The van der Waals surface area contributed by atoms with E-state index in [1.807, 2.05) is 25.3 Å². The maximum absolute atomic E-state index is 11.5. The van der Waals surface area contributed by atoms with Crippen LogP contribution in [0, 0.1) is 0 Å². The summed E-state index contributed by atoms with van der Waals surface area (Å²) in [6.07, 6.45) is 6.26. The van der Waals surface area contributed by atoms with Crippen LogP contribution >= 0.6 is 0 Å². The number of hydrogen-bond donors (Lipinski definition) is 1. The highest BCUT2D eigenvalue weighted by molar-refractivity contribution is 5.91. The summed E-state index contributed by atoms with van der Waals surface area (Å²) in [5.41, 5.74) is 3.62. The number of aromatic nitrogens is 2. The fraction of sp³-hybridized carbons (Fsp3) is 0.440. The first-order valence-electron chi connectivity index (χ1n) is 11.2. The summed E-state index contributed by atoms with van der Waals surface area (Å²) < 4.78 is 12.9. The van der Waals surface area contributed by atoms with Crippen LogP contribution in [-0.4, -0.2) is 58.9 Å². The molecule has 0 atom stereocenters. The summed E-state index contributed by atoms with van der Waals surface area (Å²) in [6, 6.07) is 9.61. The van der Waals surface area contributed by atoms with Crippen LogP contribution in [0.1, 0.15) is 47.2 Å². The number of likely N-dealkylation sites (tertiary alicyclic amines) is 1. The van der Waals surface area contributed by atoms with Gasteiger partial charge >= 0.3 is 5.97 Å². The highest BCUT2D eigenvalue weighted by atomic mass is 16.5. The average Bonchev–Trinajstić information content (AvgIpc) is 3.18. The molecule has 170 valence electrons. The molecule has 0 unspecified atom stereocenters. The Balaban J connectivity index is 1.43. The number of methoxy groups -OCH3 is 1. The van der Waals surface area contributed by atoms with E-state index < -0.39 is 5.97 Å². The third-order valence-corrected chi connectivity index (χ3v) is 6.27. The van der Waals surface area contributed by atoms with E-state index in [9.17, 15) is 9.90 Å². The molecule has 32 heavy (non-hydrogen) atoms. The fourth-order valence-corrected chi connectivity index (χ4v) is 4.63. The van der Waals surface area contributed by atoms with Crippen molar-refractivity contribution in [3.63, 3.8) is 0 Å². The van der Waals surface area contributed by atoms with Crippen LogP contribution in [0.5, 0.6) is 5.75 Å². The molecule has 2 aromatic heterocycles. The van der Waals surface area contributed by atoms with Crippen LogP contribution in [0.15, 0.2) is 42.7 Å². The molecule has 3 aromatic rings. The molecule has 3 heterocycles. The molecule has 1 aliphatic rings. The molecule has 0 saturated carbocycles. The Labute approximate surface area is 188 Å². The zero-order chi connectivity index (χ0) is 22.5. The van der Waals surface area contributed by atoms with Crippen molar-refractivity contribution in [1.82, 2.24) is 14.5 Å². The van der Waals surface area contributed by atoms with Gasteiger partial charge in [-0.25, -0.2) is 9.78 Å². The van der Waals surface area contributed by atoms with Crippen molar-refractivity contribution in [3.05, 3.63) is 59.4 Å². The summed E-state index contributed by atoms with van der Waals surface area (Å²) >= 11 is 0. The van der Waals surface area contributed by atoms with Gasteiger partial charge in [-0.05, 0) is 74.2 Å². The molecule has 0 aliphatic carbocycles. The van der Waals surface area contributed by atoms with Crippen LogP contribution in [0.3, 0.4) is 0 Å². The zero-order valence-electron chi connectivity index (χ0n) is 18.8. The monoisotopic (exact) mass is 437 g/mol. The molecule has 7 nitrogen and oxygen atoms in total. The summed E-state index contributed by atoms with van der Waals surface area (Å²) in [5, 5.41) is 10.7. The first-order chi connectivity index (χ1) is 15.6. The number of fused-ring (bicyclic) bond motifs is 1. The lowest BCUT2D eigenvalue weighted by atomic mass is 9.89. The second-order valence-corrected chi connectivity index (χ2v) is 8.24. The van der Waals surface area contributed by atoms with Crippen LogP contribution in [-0.2, 0) is 17.8 Å². The minimum Gasteiger partial charge on any atom is -0.496 e. The molecular weight excluding hydrogens is 406 g/mol. The van der Waals surface area contributed by atoms with Gasteiger partial charge in [-0.3, -0.25) is 4.90 Å². The largest absolute Gasteiger partial charge is 0.496 e. The quantitative estimate of drug-likeness (QED) is 0.507. The number of hydrogen-bond acceptors (Lipinski definition) is 5. The molecule has 0 amide bonds. The highest BCUT2D eigenvalue weighted by Crippen LogP contribution is 2.34. The number of benzene rings is 1. The van der Waals surface area contributed by atoms with Gasteiger partial charge in [0.2, 0.25) is 0 Å². The lowest BCUT2D eigenvalue weighted by Gasteiger charge is -2.32. The lowest BCUT2D eigenvalue weighted by Crippen LogP contribution is -2.32. The second-order valence-electron chi connectivity index (χ2n) is 8.24. The predicted molar refractivity (Wildman–Crippen MR) is 123 cm³/mol. The normalized spacial score (nSPS) is 15.3. The molecule has 7 heteroatoms. The number of carboxylic acids is 1. The van der Waals surface area contributed by atoms with Gasteiger partial charge in [-0.2, -0.15) is 0 Å².